The van der Waals surface area contributed by atoms with Crippen LogP contribution < -0.4 is 5.32 Å². The monoisotopic (exact) mass is 337 g/mol. The molecule has 0 rings (SSSR count). The maximum absolute atomic E-state index is 12.3. The van der Waals surface area contributed by atoms with Crippen molar-refractivity contribution >= 4 is 22.0 Å². The summed E-state index contributed by atoms with van der Waals surface area (Å²) >= 11 is 0. The average molecular weight is 337 g/mol. The average Bonchev–Trinajstić information content (AvgIpc) is 2.30. The lowest BCUT2D eigenvalue weighted by Gasteiger charge is -2.39. The minimum atomic E-state index is -4.35. The molecule has 7 nitrogen and oxygen atoms in total. The van der Waals surface area contributed by atoms with Gasteiger partial charge in [-0.15, -0.1) is 0 Å². The molecule has 2 N–H and O–H groups in total. The van der Waals surface area contributed by atoms with E-state index < -0.39 is 27.2 Å². The number of rotatable bonds is 8. The van der Waals surface area contributed by atoms with Crippen molar-refractivity contribution in [2.75, 3.05) is 18.9 Å². The maximum Gasteiger partial charge on any atom is 0.312 e. The second-order valence-electron chi connectivity index (χ2n) is 6.54. The lowest BCUT2D eigenvalue weighted by atomic mass is 9.65. The Morgan fingerprint density at radius 2 is 1.73 bits per heavy atom. The smallest absolute Gasteiger partial charge is 0.312 e. The SMILES string of the molecule is CCCC(C)(C(=O)OCCNC(=O)CS(=O)(=O)O)C(C)(C)C. The van der Waals surface area contributed by atoms with E-state index in [1.807, 2.05) is 34.6 Å². The van der Waals surface area contributed by atoms with Crippen molar-refractivity contribution in [2.45, 2.75) is 47.5 Å². The fraction of sp³-hybridized carbons (Fsp3) is 0.857. The van der Waals surface area contributed by atoms with E-state index in [2.05, 4.69) is 5.32 Å². The first-order valence-corrected chi connectivity index (χ1v) is 8.83. The Morgan fingerprint density at radius 1 is 1.18 bits per heavy atom. The summed E-state index contributed by atoms with van der Waals surface area (Å²) in [5, 5.41) is 2.26. The summed E-state index contributed by atoms with van der Waals surface area (Å²) in [6.45, 7) is 9.70. The minimum absolute atomic E-state index is 0.00750. The number of ether oxygens (including phenoxy) is 1. The molecule has 0 heterocycles. The summed E-state index contributed by atoms with van der Waals surface area (Å²) in [6, 6.07) is 0. The first-order chi connectivity index (χ1) is 9.83. The Morgan fingerprint density at radius 3 is 2.14 bits per heavy atom. The third-order valence-corrected chi connectivity index (χ3v) is 4.45. The first kappa shape index (κ1) is 20.9. The molecule has 1 atom stereocenters. The van der Waals surface area contributed by atoms with E-state index in [-0.39, 0.29) is 24.5 Å². The molecule has 22 heavy (non-hydrogen) atoms. The molecule has 0 spiro atoms. The second kappa shape index (κ2) is 7.92. The molecular formula is C14H27NO6S. The number of amides is 1. The number of carbonyl (C=O) groups excluding carboxylic acids is 2. The highest BCUT2D eigenvalue weighted by Crippen LogP contribution is 2.43. The van der Waals surface area contributed by atoms with E-state index in [1.165, 1.54) is 0 Å². The zero-order chi connectivity index (χ0) is 17.6. The van der Waals surface area contributed by atoms with Crippen LogP contribution >= 0.6 is 0 Å². The Hall–Kier alpha value is -1.15. The predicted octanol–water partition coefficient (Wildman–Crippen LogP) is 1.39. The molecule has 130 valence electrons. The molecule has 0 bridgehead atoms. The molecule has 0 aromatic rings. The van der Waals surface area contributed by atoms with Crippen LogP contribution in [0.5, 0.6) is 0 Å². The molecule has 1 unspecified atom stereocenters. The molecule has 0 saturated heterocycles. The van der Waals surface area contributed by atoms with Crippen molar-refractivity contribution < 1.29 is 27.3 Å². The first-order valence-electron chi connectivity index (χ1n) is 7.22. The van der Waals surface area contributed by atoms with Gasteiger partial charge in [-0.3, -0.25) is 14.1 Å². The van der Waals surface area contributed by atoms with Crippen molar-refractivity contribution in [1.82, 2.24) is 5.32 Å². The molecule has 0 fully saturated rings. The molecule has 0 saturated carbocycles. The summed E-state index contributed by atoms with van der Waals surface area (Å²) in [7, 11) is -4.35. The van der Waals surface area contributed by atoms with Crippen LogP contribution in [0, 0.1) is 10.8 Å². The maximum atomic E-state index is 12.3. The lowest BCUT2D eigenvalue weighted by molar-refractivity contribution is -0.162. The zero-order valence-corrected chi connectivity index (χ0v) is 14.7. The van der Waals surface area contributed by atoms with Crippen molar-refractivity contribution in [3.8, 4) is 0 Å². The quantitative estimate of drug-likeness (QED) is 0.393. The van der Waals surface area contributed by atoms with E-state index in [4.69, 9.17) is 9.29 Å². The molecule has 0 radical (unpaired) electrons. The zero-order valence-electron chi connectivity index (χ0n) is 13.9. The van der Waals surface area contributed by atoms with Crippen LogP contribution in [0.3, 0.4) is 0 Å². The van der Waals surface area contributed by atoms with Crippen molar-refractivity contribution in [3.63, 3.8) is 0 Å². The van der Waals surface area contributed by atoms with Crippen LogP contribution in [0.2, 0.25) is 0 Å². The van der Waals surface area contributed by atoms with E-state index in [9.17, 15) is 18.0 Å². The summed E-state index contributed by atoms with van der Waals surface area (Å²) in [4.78, 5) is 23.5. The third-order valence-electron chi connectivity index (χ3n) is 3.83. The number of hydrogen-bond donors (Lipinski definition) is 2. The molecule has 0 aliphatic carbocycles. The normalized spacial score (nSPS) is 15.0. The predicted molar refractivity (Wildman–Crippen MR) is 82.9 cm³/mol. The number of esters is 1. The van der Waals surface area contributed by atoms with Gasteiger partial charge in [0.05, 0.1) is 12.0 Å². The van der Waals surface area contributed by atoms with Crippen molar-refractivity contribution in [3.05, 3.63) is 0 Å². The van der Waals surface area contributed by atoms with Crippen molar-refractivity contribution in [2.24, 2.45) is 10.8 Å². The Bertz CT molecular complexity index is 494. The van der Waals surface area contributed by atoms with E-state index >= 15 is 0 Å². The summed E-state index contributed by atoms with van der Waals surface area (Å²) in [5.41, 5.74) is -0.908. The van der Waals surface area contributed by atoms with Gasteiger partial charge in [0.2, 0.25) is 5.91 Å². The van der Waals surface area contributed by atoms with E-state index in [0.29, 0.717) is 6.42 Å². The highest BCUT2D eigenvalue weighted by molar-refractivity contribution is 7.86. The molecule has 0 aromatic carbocycles. The molecule has 8 heteroatoms. The molecule has 0 aliphatic rings. The van der Waals surface area contributed by atoms with Crippen LogP contribution in [-0.4, -0.2) is 43.8 Å². The van der Waals surface area contributed by atoms with Gasteiger partial charge in [-0.05, 0) is 18.8 Å². The van der Waals surface area contributed by atoms with Gasteiger partial charge < -0.3 is 10.1 Å². The Labute approximate surface area is 132 Å². The third kappa shape index (κ3) is 6.74. The highest BCUT2D eigenvalue weighted by atomic mass is 32.2. The van der Waals surface area contributed by atoms with Crippen LogP contribution in [0.15, 0.2) is 0 Å². The second-order valence-corrected chi connectivity index (χ2v) is 8.00. The van der Waals surface area contributed by atoms with Gasteiger partial charge >= 0.3 is 5.97 Å². The van der Waals surface area contributed by atoms with E-state index in [1.54, 1.807) is 0 Å². The van der Waals surface area contributed by atoms with Gasteiger partial charge in [-0.25, -0.2) is 0 Å². The van der Waals surface area contributed by atoms with Gasteiger partial charge in [0.25, 0.3) is 10.1 Å². The summed E-state index contributed by atoms with van der Waals surface area (Å²) in [5.74, 6) is -2.19. The minimum Gasteiger partial charge on any atom is -0.463 e. The van der Waals surface area contributed by atoms with Gasteiger partial charge in [0.15, 0.2) is 5.75 Å². The van der Waals surface area contributed by atoms with Gasteiger partial charge in [0, 0.05) is 0 Å². The summed E-state index contributed by atoms with van der Waals surface area (Å²) in [6.07, 6.45) is 1.53. The lowest BCUT2D eigenvalue weighted by Crippen LogP contribution is -2.42. The fourth-order valence-electron chi connectivity index (χ4n) is 1.99. The van der Waals surface area contributed by atoms with Gasteiger partial charge in [-0.1, -0.05) is 34.1 Å². The van der Waals surface area contributed by atoms with Crippen molar-refractivity contribution in [1.29, 1.82) is 0 Å². The highest BCUT2D eigenvalue weighted by Gasteiger charge is 2.44. The molecule has 0 aromatic heterocycles. The summed E-state index contributed by atoms with van der Waals surface area (Å²) < 4.78 is 34.7. The fourth-order valence-corrected chi connectivity index (χ4v) is 2.43. The molecule has 0 aliphatic heterocycles. The molecular weight excluding hydrogens is 310 g/mol. The number of carbonyl (C=O) groups is 2. The Kier molecular flexibility index (Phi) is 7.50. The topological polar surface area (TPSA) is 110 Å². The Balaban J connectivity index is 4.41. The van der Waals surface area contributed by atoms with Crippen LogP contribution in [-0.2, 0) is 24.4 Å². The van der Waals surface area contributed by atoms with Crippen LogP contribution in [0.25, 0.3) is 0 Å². The molecule has 1 amide bonds. The van der Waals surface area contributed by atoms with Gasteiger partial charge in [0.1, 0.15) is 6.61 Å². The number of hydrogen-bond acceptors (Lipinski definition) is 5. The standard InChI is InChI=1S/C14H27NO6S/c1-6-7-14(5,13(2,3)4)12(17)21-9-8-15-11(16)10-22(18,19)20/h6-10H2,1-5H3,(H,15,16)(H,18,19,20). The van der Waals surface area contributed by atoms with Crippen LogP contribution in [0.4, 0.5) is 0 Å². The van der Waals surface area contributed by atoms with E-state index in [0.717, 1.165) is 6.42 Å². The van der Waals surface area contributed by atoms with Gasteiger partial charge in [-0.2, -0.15) is 8.42 Å². The number of nitrogens with one attached hydrogen (secondary N) is 1. The largest absolute Gasteiger partial charge is 0.463 e. The van der Waals surface area contributed by atoms with Crippen LogP contribution in [0.1, 0.15) is 47.5 Å².